The van der Waals surface area contributed by atoms with Crippen LogP contribution in [0.25, 0.3) is 0 Å². The zero-order valence-corrected chi connectivity index (χ0v) is 7.34. The largest absolute Gasteiger partial charge is 0.444 e. The molecule has 6 heteroatoms. The molecular weight excluding hydrogens is 184 g/mol. The van der Waals surface area contributed by atoms with E-state index in [-0.39, 0.29) is 6.61 Å². The van der Waals surface area contributed by atoms with E-state index in [0.717, 1.165) is 0 Å². The smallest absolute Gasteiger partial charge is 0.267 e. The zero-order valence-electron chi connectivity index (χ0n) is 6.52. The highest BCUT2D eigenvalue weighted by molar-refractivity contribution is 7.85. The molecule has 0 aliphatic rings. The van der Waals surface area contributed by atoms with Crippen molar-refractivity contribution in [2.24, 2.45) is 0 Å². The number of hydrogen-bond acceptors (Lipinski definition) is 4. The Kier molecular flexibility index (Phi) is 4.66. The summed E-state index contributed by atoms with van der Waals surface area (Å²) < 4.78 is 33.1. The number of hydrogen-bond donors (Lipinski definition) is 2. The highest BCUT2D eigenvalue weighted by atomic mass is 32.2. The lowest BCUT2D eigenvalue weighted by Crippen LogP contribution is -2.24. The van der Waals surface area contributed by atoms with E-state index in [1.54, 1.807) is 0 Å². The molecule has 0 fully saturated rings. The highest BCUT2D eigenvalue weighted by Crippen LogP contribution is 1.90. The minimum absolute atomic E-state index is 0.235. The molecule has 12 heavy (non-hydrogen) atoms. The minimum Gasteiger partial charge on any atom is -0.444 e. The van der Waals surface area contributed by atoms with Crippen LogP contribution in [-0.2, 0) is 14.9 Å². The quantitative estimate of drug-likeness (QED) is 0.453. The third-order valence-corrected chi connectivity index (χ3v) is 1.66. The second-order valence-electron chi connectivity index (χ2n) is 2.07. The summed E-state index contributed by atoms with van der Waals surface area (Å²) in [5.41, 5.74) is 0. The Bertz CT molecular complexity index is 270. The molecule has 0 aromatic heterocycles. The van der Waals surface area contributed by atoms with Crippen molar-refractivity contribution in [3.8, 4) is 12.0 Å². The van der Waals surface area contributed by atoms with Crippen LogP contribution in [0.3, 0.4) is 0 Å². The van der Waals surface area contributed by atoms with Gasteiger partial charge in [-0.05, 0) is 0 Å². The van der Waals surface area contributed by atoms with E-state index in [2.05, 4.69) is 16.8 Å². The summed E-state index contributed by atoms with van der Waals surface area (Å²) in [7, 11) is -4.14. The first-order chi connectivity index (χ1) is 5.45. The van der Waals surface area contributed by atoms with Gasteiger partial charge in [0.2, 0.25) is 0 Å². The van der Waals surface area contributed by atoms with Gasteiger partial charge >= 0.3 is 0 Å². The van der Waals surface area contributed by atoms with Crippen molar-refractivity contribution in [2.45, 2.75) is 13.0 Å². The van der Waals surface area contributed by atoms with Gasteiger partial charge in [-0.3, -0.25) is 4.55 Å². The highest BCUT2D eigenvalue weighted by Gasteiger charge is 2.13. The van der Waals surface area contributed by atoms with Crippen LogP contribution in [0.15, 0.2) is 0 Å². The van der Waals surface area contributed by atoms with Crippen molar-refractivity contribution < 1.29 is 22.8 Å². The fourth-order valence-corrected chi connectivity index (χ4v) is 1.08. The Morgan fingerprint density at radius 2 is 2.17 bits per heavy atom. The molecule has 0 amide bonds. The number of ether oxygens (including phenoxy) is 1. The lowest BCUT2D eigenvalue weighted by atomic mass is 10.4. The number of rotatable bonds is 4. The first kappa shape index (κ1) is 11.2. The van der Waals surface area contributed by atoms with Crippen molar-refractivity contribution in [1.29, 1.82) is 0 Å². The molecule has 2 N–H and O–H groups in total. The van der Waals surface area contributed by atoms with Gasteiger partial charge in [-0.1, -0.05) is 5.92 Å². The molecular formula is C6H10O5S. The molecule has 0 spiro atoms. The summed E-state index contributed by atoms with van der Waals surface area (Å²) in [6, 6.07) is 0. The molecule has 0 aromatic carbocycles. The van der Waals surface area contributed by atoms with Crippen LogP contribution in [0.1, 0.15) is 6.92 Å². The van der Waals surface area contributed by atoms with Gasteiger partial charge in [-0.2, -0.15) is 8.42 Å². The second-order valence-corrected chi connectivity index (χ2v) is 3.56. The molecule has 70 valence electrons. The zero-order chi connectivity index (χ0) is 9.61. The summed E-state index contributed by atoms with van der Waals surface area (Å²) in [5.74, 6) is 1.65. The average Bonchev–Trinajstić information content (AvgIpc) is 1.84. The lowest BCUT2D eigenvalue weighted by molar-refractivity contribution is 0.108. The van der Waals surface area contributed by atoms with E-state index >= 15 is 0 Å². The SMILES string of the molecule is CC#COCC(O)CS(=O)(=O)O. The predicted molar refractivity (Wildman–Crippen MR) is 41.8 cm³/mol. The molecule has 0 rings (SSSR count). The van der Waals surface area contributed by atoms with Crippen LogP contribution in [-0.4, -0.2) is 36.5 Å². The van der Waals surface area contributed by atoms with Crippen LogP contribution in [0.5, 0.6) is 0 Å². The standard InChI is InChI=1S/C6H10O5S/c1-2-3-11-4-6(7)5-12(8,9)10/h6-7H,4-5H2,1H3,(H,8,9,10). The molecule has 0 aliphatic heterocycles. The molecule has 5 nitrogen and oxygen atoms in total. The third kappa shape index (κ3) is 7.34. The van der Waals surface area contributed by atoms with Gasteiger partial charge < -0.3 is 9.84 Å². The second kappa shape index (κ2) is 4.98. The predicted octanol–water partition coefficient (Wildman–Crippen LogP) is -0.767. The Morgan fingerprint density at radius 3 is 2.58 bits per heavy atom. The Balaban J connectivity index is 3.73. The molecule has 0 heterocycles. The number of aliphatic hydroxyl groups excluding tert-OH is 1. The van der Waals surface area contributed by atoms with Gasteiger partial charge in [-0.15, -0.1) is 0 Å². The van der Waals surface area contributed by atoms with Crippen LogP contribution in [0, 0.1) is 12.0 Å². The van der Waals surface area contributed by atoms with Crippen molar-refractivity contribution in [1.82, 2.24) is 0 Å². The van der Waals surface area contributed by atoms with E-state index in [9.17, 15) is 8.42 Å². The summed E-state index contributed by atoms with van der Waals surface area (Å²) in [6.45, 7) is 1.30. The van der Waals surface area contributed by atoms with E-state index in [4.69, 9.17) is 9.66 Å². The van der Waals surface area contributed by atoms with Crippen molar-refractivity contribution >= 4 is 10.1 Å². The fraction of sp³-hybridized carbons (Fsp3) is 0.667. The number of aliphatic hydroxyl groups is 1. The van der Waals surface area contributed by atoms with Crippen LogP contribution in [0.2, 0.25) is 0 Å². The lowest BCUT2D eigenvalue weighted by Gasteiger charge is -2.05. The first-order valence-corrected chi connectivity index (χ1v) is 4.73. The van der Waals surface area contributed by atoms with Gasteiger partial charge in [0.15, 0.2) is 0 Å². The van der Waals surface area contributed by atoms with Gasteiger partial charge in [-0.25, -0.2) is 0 Å². The molecule has 0 bridgehead atoms. The maximum atomic E-state index is 10.2. The third-order valence-electron chi connectivity index (χ3n) is 0.853. The van der Waals surface area contributed by atoms with E-state index in [1.807, 2.05) is 0 Å². The molecule has 0 saturated heterocycles. The molecule has 0 radical (unpaired) electrons. The van der Waals surface area contributed by atoms with Gasteiger partial charge in [0.05, 0.1) is 0 Å². The van der Waals surface area contributed by atoms with Crippen molar-refractivity contribution in [3.63, 3.8) is 0 Å². The fourth-order valence-electron chi connectivity index (χ4n) is 0.501. The van der Waals surface area contributed by atoms with Crippen LogP contribution in [0.4, 0.5) is 0 Å². The van der Waals surface area contributed by atoms with Gasteiger partial charge in [0.1, 0.15) is 24.6 Å². The monoisotopic (exact) mass is 194 g/mol. The minimum atomic E-state index is -4.14. The average molecular weight is 194 g/mol. The van der Waals surface area contributed by atoms with Crippen LogP contribution < -0.4 is 0 Å². The first-order valence-electron chi connectivity index (χ1n) is 3.12. The van der Waals surface area contributed by atoms with E-state index < -0.39 is 22.0 Å². The van der Waals surface area contributed by atoms with Crippen molar-refractivity contribution in [2.75, 3.05) is 12.4 Å². The van der Waals surface area contributed by atoms with Gasteiger partial charge in [0, 0.05) is 6.92 Å². The Hall–Kier alpha value is -0.770. The van der Waals surface area contributed by atoms with Gasteiger partial charge in [0.25, 0.3) is 10.1 Å². The molecule has 1 atom stereocenters. The summed E-state index contributed by atoms with van der Waals surface area (Å²) in [6.07, 6.45) is 0.929. The summed E-state index contributed by atoms with van der Waals surface area (Å²) in [4.78, 5) is 0. The molecule has 0 aliphatic carbocycles. The van der Waals surface area contributed by atoms with E-state index in [0.29, 0.717) is 0 Å². The van der Waals surface area contributed by atoms with E-state index in [1.165, 1.54) is 6.92 Å². The Labute approximate surface area is 71.1 Å². The maximum absolute atomic E-state index is 10.2. The molecule has 0 saturated carbocycles. The summed E-state index contributed by atoms with van der Waals surface area (Å²) in [5, 5.41) is 8.88. The Morgan fingerprint density at radius 1 is 1.58 bits per heavy atom. The summed E-state index contributed by atoms with van der Waals surface area (Å²) >= 11 is 0. The van der Waals surface area contributed by atoms with Crippen LogP contribution >= 0.6 is 0 Å². The topological polar surface area (TPSA) is 83.8 Å². The molecule has 0 aromatic rings. The normalized spacial score (nSPS) is 12.9. The maximum Gasteiger partial charge on any atom is 0.267 e. The molecule has 1 unspecified atom stereocenters. The van der Waals surface area contributed by atoms with Crippen molar-refractivity contribution in [3.05, 3.63) is 0 Å².